The van der Waals surface area contributed by atoms with Gasteiger partial charge in [0.05, 0.1) is 6.61 Å². The number of nitrogen functional groups attached to an aromatic ring is 1. The molecule has 1 aromatic rings. The summed E-state index contributed by atoms with van der Waals surface area (Å²) in [5.74, 6) is 0.113. The molecule has 1 heterocycles. The number of aliphatic hydroxyl groups excluding tert-OH is 1. The normalized spacial score (nSPS) is 9.80. The lowest BCUT2D eigenvalue weighted by molar-refractivity contribution is 0.281. The average Bonchev–Trinajstić information content (AvgIpc) is 1.88. The monoisotopic (exact) mass is 159 g/mol. The summed E-state index contributed by atoms with van der Waals surface area (Å²) in [6.45, 7) is -0.168. The topological polar surface area (TPSA) is 72.0 Å². The second-order valence-electron chi connectivity index (χ2n) is 1.70. The van der Waals surface area contributed by atoms with Crippen LogP contribution in [0.1, 0.15) is 5.56 Å². The third-order valence-corrected chi connectivity index (χ3v) is 1.33. The van der Waals surface area contributed by atoms with Crippen molar-refractivity contribution < 1.29 is 5.11 Å². The summed E-state index contributed by atoms with van der Waals surface area (Å²) in [6.07, 6.45) is 1.39. The number of aromatic nitrogens is 2. The molecule has 0 unspecified atom stereocenters. The summed E-state index contributed by atoms with van der Waals surface area (Å²) in [5, 5.41) is 8.81. The lowest BCUT2D eigenvalue weighted by Crippen LogP contribution is -1.97. The van der Waals surface area contributed by atoms with E-state index in [0.717, 1.165) is 0 Å². The molecule has 0 saturated heterocycles. The third-order valence-electron chi connectivity index (χ3n) is 1.00. The minimum atomic E-state index is -0.168. The van der Waals surface area contributed by atoms with Crippen molar-refractivity contribution in [3.8, 4) is 0 Å². The maximum Gasteiger partial charge on any atom is 0.221 e. The van der Waals surface area contributed by atoms with E-state index in [1.807, 2.05) is 0 Å². The molecule has 0 fully saturated rings. The molecule has 0 aromatic carbocycles. The summed E-state index contributed by atoms with van der Waals surface area (Å²) in [4.78, 5) is 7.25. The van der Waals surface area contributed by atoms with Crippen molar-refractivity contribution in [3.05, 3.63) is 16.9 Å². The number of anilines is 1. The standard InChI is InChI=1S/C5H6ClN3O/c6-4-3(2-10)1-8-5(7)9-4/h1,10H,2H2,(H2,7,8,9). The Kier molecular flexibility index (Phi) is 2.03. The van der Waals surface area contributed by atoms with Gasteiger partial charge in [-0.2, -0.15) is 0 Å². The molecule has 54 valence electrons. The predicted molar refractivity (Wildman–Crippen MR) is 37.4 cm³/mol. The van der Waals surface area contributed by atoms with Gasteiger partial charge in [0.1, 0.15) is 5.15 Å². The SMILES string of the molecule is Nc1ncc(CO)c(Cl)n1. The lowest BCUT2D eigenvalue weighted by atomic mass is 10.4. The Balaban J connectivity index is 3.07. The number of aliphatic hydroxyl groups is 1. The molecule has 0 amide bonds. The van der Waals surface area contributed by atoms with Gasteiger partial charge in [0, 0.05) is 11.8 Å². The molecule has 0 aliphatic heterocycles. The van der Waals surface area contributed by atoms with Crippen LogP contribution in [0.2, 0.25) is 5.15 Å². The van der Waals surface area contributed by atoms with E-state index in [2.05, 4.69) is 9.97 Å². The molecule has 4 nitrogen and oxygen atoms in total. The van der Waals surface area contributed by atoms with Crippen LogP contribution in [0.3, 0.4) is 0 Å². The first-order chi connectivity index (χ1) is 4.74. The van der Waals surface area contributed by atoms with Crippen molar-refractivity contribution in [2.24, 2.45) is 0 Å². The molecule has 0 aliphatic carbocycles. The molecule has 0 spiro atoms. The zero-order valence-electron chi connectivity index (χ0n) is 5.08. The Morgan fingerprint density at radius 2 is 2.40 bits per heavy atom. The highest BCUT2D eigenvalue weighted by atomic mass is 35.5. The quantitative estimate of drug-likeness (QED) is 0.575. The molecule has 0 saturated carbocycles. The van der Waals surface area contributed by atoms with Gasteiger partial charge in [-0.25, -0.2) is 9.97 Å². The maximum atomic E-state index is 8.60. The van der Waals surface area contributed by atoms with Crippen LogP contribution in [-0.4, -0.2) is 15.1 Å². The third kappa shape index (κ3) is 1.34. The minimum Gasteiger partial charge on any atom is -0.392 e. The van der Waals surface area contributed by atoms with Gasteiger partial charge in [-0.3, -0.25) is 0 Å². The van der Waals surface area contributed by atoms with Crippen molar-refractivity contribution >= 4 is 17.5 Å². The summed E-state index contributed by atoms with van der Waals surface area (Å²) >= 11 is 5.54. The Labute approximate surface area is 62.7 Å². The van der Waals surface area contributed by atoms with E-state index < -0.39 is 0 Å². The van der Waals surface area contributed by atoms with Crippen LogP contribution in [-0.2, 0) is 6.61 Å². The smallest absolute Gasteiger partial charge is 0.221 e. The van der Waals surface area contributed by atoms with Crippen LogP contribution in [0, 0.1) is 0 Å². The highest BCUT2D eigenvalue weighted by Crippen LogP contribution is 2.11. The van der Waals surface area contributed by atoms with E-state index in [4.69, 9.17) is 22.4 Å². The zero-order valence-corrected chi connectivity index (χ0v) is 5.84. The molecular weight excluding hydrogens is 154 g/mol. The predicted octanol–water partition coefficient (Wildman–Crippen LogP) is 0.205. The average molecular weight is 160 g/mol. The number of hydrogen-bond donors (Lipinski definition) is 2. The number of rotatable bonds is 1. The summed E-state index contributed by atoms with van der Waals surface area (Å²) < 4.78 is 0. The van der Waals surface area contributed by atoms with Crippen LogP contribution < -0.4 is 5.73 Å². The fourth-order valence-electron chi connectivity index (χ4n) is 0.505. The fraction of sp³-hybridized carbons (Fsp3) is 0.200. The van der Waals surface area contributed by atoms with Crippen LogP contribution in [0.5, 0.6) is 0 Å². The molecule has 10 heavy (non-hydrogen) atoms. The van der Waals surface area contributed by atoms with Gasteiger partial charge < -0.3 is 10.8 Å². The number of nitrogens with two attached hydrogens (primary N) is 1. The van der Waals surface area contributed by atoms with E-state index in [1.165, 1.54) is 6.20 Å². The van der Waals surface area contributed by atoms with E-state index in [0.29, 0.717) is 5.56 Å². The van der Waals surface area contributed by atoms with Crippen LogP contribution in [0.25, 0.3) is 0 Å². The van der Waals surface area contributed by atoms with Crippen LogP contribution in [0.15, 0.2) is 6.20 Å². The van der Waals surface area contributed by atoms with E-state index in [9.17, 15) is 0 Å². The van der Waals surface area contributed by atoms with E-state index >= 15 is 0 Å². The Bertz CT molecular complexity index is 240. The summed E-state index contributed by atoms with van der Waals surface area (Å²) in [6, 6.07) is 0. The highest BCUT2D eigenvalue weighted by molar-refractivity contribution is 6.30. The molecule has 0 bridgehead atoms. The number of hydrogen-bond acceptors (Lipinski definition) is 4. The van der Waals surface area contributed by atoms with Crippen LogP contribution in [0.4, 0.5) is 5.95 Å². The van der Waals surface area contributed by atoms with Crippen molar-refractivity contribution in [1.82, 2.24) is 9.97 Å². The molecule has 0 aliphatic rings. The summed E-state index contributed by atoms with van der Waals surface area (Å²) in [7, 11) is 0. The van der Waals surface area contributed by atoms with Gasteiger partial charge in [0.25, 0.3) is 0 Å². The molecule has 0 radical (unpaired) electrons. The highest BCUT2D eigenvalue weighted by Gasteiger charge is 1.99. The second-order valence-corrected chi connectivity index (χ2v) is 2.06. The fourth-order valence-corrected chi connectivity index (χ4v) is 0.700. The van der Waals surface area contributed by atoms with Gasteiger partial charge in [0.2, 0.25) is 5.95 Å². The molecular formula is C5H6ClN3O. The van der Waals surface area contributed by atoms with Crippen molar-refractivity contribution in [2.45, 2.75) is 6.61 Å². The molecule has 0 atom stereocenters. The van der Waals surface area contributed by atoms with Crippen molar-refractivity contribution in [2.75, 3.05) is 5.73 Å². The number of halogens is 1. The zero-order chi connectivity index (χ0) is 7.56. The Hall–Kier alpha value is -0.870. The first kappa shape index (κ1) is 7.24. The minimum absolute atomic E-state index is 0.113. The molecule has 5 heteroatoms. The largest absolute Gasteiger partial charge is 0.392 e. The van der Waals surface area contributed by atoms with Gasteiger partial charge in [-0.15, -0.1) is 0 Å². The van der Waals surface area contributed by atoms with Crippen molar-refractivity contribution in [1.29, 1.82) is 0 Å². The Morgan fingerprint density at radius 3 is 2.90 bits per heavy atom. The lowest BCUT2D eigenvalue weighted by Gasteiger charge is -1.97. The van der Waals surface area contributed by atoms with Gasteiger partial charge >= 0.3 is 0 Å². The Morgan fingerprint density at radius 1 is 1.70 bits per heavy atom. The molecule has 3 N–H and O–H groups in total. The maximum absolute atomic E-state index is 8.60. The van der Waals surface area contributed by atoms with Gasteiger partial charge in [-0.1, -0.05) is 11.6 Å². The van der Waals surface area contributed by atoms with Crippen molar-refractivity contribution in [3.63, 3.8) is 0 Å². The first-order valence-electron chi connectivity index (χ1n) is 2.62. The van der Waals surface area contributed by atoms with E-state index in [-0.39, 0.29) is 17.7 Å². The van der Waals surface area contributed by atoms with Crippen LogP contribution >= 0.6 is 11.6 Å². The second kappa shape index (κ2) is 2.81. The van der Waals surface area contributed by atoms with Gasteiger partial charge in [-0.05, 0) is 0 Å². The molecule has 1 rings (SSSR count). The number of nitrogens with zero attached hydrogens (tertiary/aromatic N) is 2. The molecule has 1 aromatic heterocycles. The summed E-state index contributed by atoms with van der Waals surface area (Å²) in [5.41, 5.74) is 5.68. The van der Waals surface area contributed by atoms with Gasteiger partial charge in [0.15, 0.2) is 0 Å². The first-order valence-corrected chi connectivity index (χ1v) is 2.99. The van der Waals surface area contributed by atoms with E-state index in [1.54, 1.807) is 0 Å².